The highest BCUT2D eigenvalue weighted by Crippen LogP contribution is 2.45. The third-order valence-corrected chi connectivity index (χ3v) is 5.31. The van der Waals surface area contributed by atoms with Gasteiger partial charge in [-0.15, -0.1) is 0 Å². The zero-order valence-corrected chi connectivity index (χ0v) is 11.0. The van der Waals surface area contributed by atoms with Crippen LogP contribution in [0, 0.1) is 11.8 Å². The minimum atomic E-state index is 0.186. The molecule has 3 heteroatoms. The highest BCUT2D eigenvalue weighted by molar-refractivity contribution is 5.84. The predicted octanol–water partition coefficient (Wildman–Crippen LogP) is 1.77. The molecule has 17 heavy (non-hydrogen) atoms. The van der Waals surface area contributed by atoms with Gasteiger partial charge in [-0.2, -0.15) is 0 Å². The number of likely N-dealkylation sites (N-methyl/N-ethyl adjacent to an activating group) is 1. The molecule has 0 spiro atoms. The second-order valence-corrected chi connectivity index (χ2v) is 6.07. The number of likely N-dealkylation sites (tertiary alicyclic amines) is 1. The zero-order valence-electron chi connectivity index (χ0n) is 11.0. The maximum absolute atomic E-state index is 11.9. The van der Waals surface area contributed by atoms with E-state index in [0.29, 0.717) is 18.4 Å². The fraction of sp³-hybridized carbons (Fsp3) is 0.929. The van der Waals surface area contributed by atoms with Crippen LogP contribution in [0.4, 0.5) is 0 Å². The Morgan fingerprint density at radius 3 is 2.82 bits per heavy atom. The number of hydrogen-bond donors (Lipinski definition) is 1. The average Bonchev–Trinajstić information content (AvgIpc) is 2.86. The van der Waals surface area contributed by atoms with Crippen LogP contribution in [-0.2, 0) is 4.79 Å². The Labute approximate surface area is 104 Å². The molecule has 3 nitrogen and oxygen atoms in total. The number of Topliss-reactive ketones (excluding diaryl/α,β-unsaturated/α-hetero) is 1. The van der Waals surface area contributed by atoms with Gasteiger partial charge in [0.05, 0.1) is 12.2 Å². The molecule has 1 N–H and O–H groups in total. The van der Waals surface area contributed by atoms with Crippen LogP contribution < -0.4 is 5.32 Å². The number of carbonyl (C=O) groups excluding carboxylic acids is 1. The summed E-state index contributed by atoms with van der Waals surface area (Å²) in [5.41, 5.74) is 0. The molecule has 96 valence electrons. The highest BCUT2D eigenvalue weighted by Gasteiger charge is 2.52. The molecule has 3 aliphatic rings. The van der Waals surface area contributed by atoms with E-state index in [4.69, 9.17) is 0 Å². The van der Waals surface area contributed by atoms with Crippen molar-refractivity contribution in [3.05, 3.63) is 0 Å². The van der Waals surface area contributed by atoms with Gasteiger partial charge in [0, 0.05) is 12.5 Å². The van der Waals surface area contributed by atoms with Crippen LogP contribution in [0.1, 0.15) is 45.4 Å². The van der Waals surface area contributed by atoms with Gasteiger partial charge >= 0.3 is 0 Å². The molecule has 0 amide bonds. The summed E-state index contributed by atoms with van der Waals surface area (Å²) in [6.45, 7) is 1.99. The summed E-state index contributed by atoms with van der Waals surface area (Å²) in [6.07, 6.45) is 7.75. The number of carbonyl (C=O) groups is 1. The lowest BCUT2D eigenvalue weighted by molar-refractivity contribution is -0.123. The molecule has 0 aromatic rings. The molecular formula is C14H24N2O. The lowest BCUT2D eigenvalue weighted by Crippen LogP contribution is -2.46. The quantitative estimate of drug-likeness (QED) is 0.793. The normalized spacial score (nSPS) is 45.6. The van der Waals surface area contributed by atoms with Gasteiger partial charge in [0.2, 0.25) is 0 Å². The van der Waals surface area contributed by atoms with Crippen molar-refractivity contribution < 1.29 is 4.79 Å². The average molecular weight is 236 g/mol. The van der Waals surface area contributed by atoms with Crippen molar-refractivity contribution in [3.8, 4) is 0 Å². The third-order valence-electron chi connectivity index (χ3n) is 5.31. The van der Waals surface area contributed by atoms with E-state index in [2.05, 4.69) is 17.3 Å². The van der Waals surface area contributed by atoms with Crippen LogP contribution in [0.2, 0.25) is 0 Å². The number of nitrogens with one attached hydrogen (secondary N) is 1. The number of nitrogens with zero attached hydrogens (tertiary/aromatic N) is 1. The Bertz CT molecular complexity index is 317. The molecule has 1 aliphatic carbocycles. The molecule has 0 bridgehead atoms. The molecule has 0 aromatic heterocycles. The minimum Gasteiger partial charge on any atom is -0.298 e. The number of rotatable bonds is 2. The maximum atomic E-state index is 11.9. The molecule has 0 aromatic carbocycles. The molecule has 3 fully saturated rings. The van der Waals surface area contributed by atoms with Crippen molar-refractivity contribution in [1.29, 1.82) is 0 Å². The zero-order chi connectivity index (χ0) is 12.0. The van der Waals surface area contributed by atoms with E-state index in [1.54, 1.807) is 0 Å². The molecule has 3 rings (SSSR count). The molecule has 2 saturated heterocycles. The summed E-state index contributed by atoms with van der Waals surface area (Å²) in [5, 5.41) is 3.79. The van der Waals surface area contributed by atoms with E-state index in [-0.39, 0.29) is 6.04 Å². The van der Waals surface area contributed by atoms with Crippen LogP contribution in [0.25, 0.3) is 0 Å². The highest BCUT2D eigenvalue weighted by atomic mass is 16.1. The summed E-state index contributed by atoms with van der Waals surface area (Å²) in [6, 6.07) is 0.921. The summed E-state index contributed by atoms with van der Waals surface area (Å²) in [7, 11) is 2.13. The molecular weight excluding hydrogens is 212 g/mol. The van der Waals surface area contributed by atoms with E-state index in [0.717, 1.165) is 24.3 Å². The van der Waals surface area contributed by atoms with Crippen molar-refractivity contribution >= 4 is 5.78 Å². The first-order chi connectivity index (χ1) is 8.22. The molecule has 1 saturated carbocycles. The van der Waals surface area contributed by atoms with Crippen molar-refractivity contribution in [3.63, 3.8) is 0 Å². The van der Waals surface area contributed by atoms with Crippen LogP contribution >= 0.6 is 0 Å². The van der Waals surface area contributed by atoms with E-state index >= 15 is 0 Å². The van der Waals surface area contributed by atoms with Crippen molar-refractivity contribution in [2.24, 2.45) is 11.8 Å². The number of ketones is 1. The van der Waals surface area contributed by atoms with E-state index in [1.165, 1.54) is 25.7 Å². The van der Waals surface area contributed by atoms with Gasteiger partial charge in [-0.3, -0.25) is 15.0 Å². The second kappa shape index (κ2) is 4.36. The van der Waals surface area contributed by atoms with Crippen molar-refractivity contribution in [2.75, 3.05) is 7.05 Å². The van der Waals surface area contributed by atoms with Gasteiger partial charge in [0.25, 0.3) is 0 Å². The lowest BCUT2D eigenvalue weighted by Gasteiger charge is -2.29. The van der Waals surface area contributed by atoms with Gasteiger partial charge in [-0.1, -0.05) is 19.8 Å². The van der Waals surface area contributed by atoms with Gasteiger partial charge in [-0.05, 0) is 38.1 Å². The Balaban J connectivity index is 1.75. The van der Waals surface area contributed by atoms with Crippen LogP contribution in [-0.4, -0.2) is 36.0 Å². The smallest absolute Gasteiger partial charge is 0.149 e. The molecule has 2 aliphatic heterocycles. The largest absolute Gasteiger partial charge is 0.298 e. The van der Waals surface area contributed by atoms with Gasteiger partial charge in [0.15, 0.2) is 0 Å². The predicted molar refractivity (Wildman–Crippen MR) is 67.6 cm³/mol. The van der Waals surface area contributed by atoms with Crippen LogP contribution in [0.15, 0.2) is 0 Å². The van der Waals surface area contributed by atoms with Crippen LogP contribution in [0.3, 0.4) is 0 Å². The fourth-order valence-corrected chi connectivity index (χ4v) is 4.39. The Morgan fingerprint density at radius 2 is 2.06 bits per heavy atom. The minimum absolute atomic E-state index is 0.186. The Kier molecular flexibility index (Phi) is 2.99. The van der Waals surface area contributed by atoms with E-state index in [1.807, 2.05) is 6.92 Å². The lowest BCUT2D eigenvalue weighted by atomic mass is 9.78. The van der Waals surface area contributed by atoms with Gasteiger partial charge in [-0.25, -0.2) is 0 Å². The van der Waals surface area contributed by atoms with Crippen molar-refractivity contribution in [2.45, 2.75) is 63.7 Å². The molecule has 5 atom stereocenters. The van der Waals surface area contributed by atoms with E-state index < -0.39 is 0 Å². The summed E-state index contributed by atoms with van der Waals surface area (Å²) in [5.74, 6) is 1.99. The maximum Gasteiger partial charge on any atom is 0.149 e. The first-order valence-corrected chi connectivity index (χ1v) is 7.23. The first-order valence-electron chi connectivity index (χ1n) is 7.23. The number of hydrogen-bond acceptors (Lipinski definition) is 3. The first kappa shape index (κ1) is 11.7. The summed E-state index contributed by atoms with van der Waals surface area (Å²) in [4.78, 5) is 14.3. The fourth-order valence-electron chi connectivity index (χ4n) is 4.39. The van der Waals surface area contributed by atoms with Crippen LogP contribution in [0.5, 0.6) is 0 Å². The number of fused-ring (bicyclic) bond motifs is 3. The molecule has 0 radical (unpaired) electrons. The molecule has 2 heterocycles. The standard InChI is InChI=1S/C14H24N2O/c1-3-13(17)12-8-10-9-6-4-5-7-11(9)15-14(10)16(12)2/h9-12,14-15H,3-8H2,1-2H3. The Morgan fingerprint density at radius 1 is 1.29 bits per heavy atom. The third kappa shape index (κ3) is 1.75. The summed E-state index contributed by atoms with van der Waals surface area (Å²) < 4.78 is 0. The SMILES string of the molecule is CCC(=O)C1CC2C3CCCCC3NC2N1C. The van der Waals surface area contributed by atoms with Gasteiger partial charge in [0.1, 0.15) is 5.78 Å². The monoisotopic (exact) mass is 236 g/mol. The van der Waals surface area contributed by atoms with Gasteiger partial charge < -0.3 is 0 Å². The Hall–Kier alpha value is -0.410. The second-order valence-electron chi connectivity index (χ2n) is 6.07. The van der Waals surface area contributed by atoms with Crippen molar-refractivity contribution in [1.82, 2.24) is 10.2 Å². The topological polar surface area (TPSA) is 32.3 Å². The summed E-state index contributed by atoms with van der Waals surface area (Å²) >= 11 is 0. The van der Waals surface area contributed by atoms with E-state index in [9.17, 15) is 4.79 Å². The molecule has 5 unspecified atom stereocenters.